The average Bonchev–Trinajstić information content (AvgIpc) is 3.20. The van der Waals surface area contributed by atoms with Gasteiger partial charge in [0.25, 0.3) is 0 Å². The van der Waals surface area contributed by atoms with Crippen LogP contribution in [0, 0.1) is 0 Å². The first-order chi connectivity index (χ1) is 15.4. The largest absolute Gasteiger partial charge is 0.480 e. The van der Waals surface area contributed by atoms with Gasteiger partial charge in [0.2, 0.25) is 11.8 Å². The van der Waals surface area contributed by atoms with Gasteiger partial charge in [-0.3, -0.25) is 9.59 Å². The molecule has 0 aliphatic carbocycles. The number of nitrogens with two attached hydrogens (primary N) is 1. The summed E-state index contributed by atoms with van der Waals surface area (Å²) < 4.78 is 0. The zero-order valence-electron chi connectivity index (χ0n) is 17.3. The number of benzene rings is 2. The van der Waals surface area contributed by atoms with E-state index in [0.717, 1.165) is 22.0 Å². The van der Waals surface area contributed by atoms with Gasteiger partial charge >= 0.3 is 5.97 Å². The predicted octanol–water partition coefficient (Wildman–Crippen LogP) is 1.26. The van der Waals surface area contributed by atoms with Crippen molar-refractivity contribution < 1.29 is 19.5 Å². The highest BCUT2D eigenvalue weighted by Gasteiger charge is 2.28. The highest BCUT2D eigenvalue weighted by Crippen LogP contribution is 2.18. The lowest BCUT2D eigenvalue weighted by atomic mass is 10.0. The van der Waals surface area contributed by atoms with E-state index in [9.17, 15) is 19.5 Å². The van der Waals surface area contributed by atoms with Crippen LogP contribution in [0.25, 0.3) is 10.9 Å². The van der Waals surface area contributed by atoms with Crippen LogP contribution in [0.5, 0.6) is 0 Å². The first-order valence-electron chi connectivity index (χ1n) is 10.2. The van der Waals surface area contributed by atoms with E-state index < -0.39 is 35.9 Å². The molecule has 1 heterocycles. The lowest BCUT2D eigenvalue weighted by Gasteiger charge is -2.22. The number of carboxylic acid groups (broad SMARTS) is 1. The van der Waals surface area contributed by atoms with Gasteiger partial charge < -0.3 is 26.5 Å². The quantitative estimate of drug-likeness (QED) is 0.256. The number of aromatic amines is 1. The molecule has 2 amide bonds. The van der Waals surface area contributed by atoms with Gasteiger partial charge in [-0.1, -0.05) is 48.5 Å². The summed E-state index contributed by atoms with van der Waals surface area (Å²) in [6.45, 7) is 0. The van der Waals surface area contributed by atoms with Crippen molar-refractivity contribution in [2.24, 2.45) is 5.73 Å². The SMILES string of the molecule is N[C@@H](Cc1c[nH]c2ccccc12)C(=O)N[C@@H](Cc1ccccc1)C(=O)N[C@@H](CS)C(=O)O. The number of amides is 2. The number of hydrogen-bond donors (Lipinski definition) is 6. The van der Waals surface area contributed by atoms with Crippen LogP contribution in [0.15, 0.2) is 60.8 Å². The van der Waals surface area contributed by atoms with Crippen LogP contribution in [0.2, 0.25) is 0 Å². The Kier molecular flexibility index (Phi) is 7.91. The summed E-state index contributed by atoms with van der Waals surface area (Å²) in [6.07, 6.45) is 2.29. The van der Waals surface area contributed by atoms with E-state index in [-0.39, 0.29) is 18.6 Å². The van der Waals surface area contributed by atoms with Crippen LogP contribution in [0.1, 0.15) is 11.1 Å². The van der Waals surface area contributed by atoms with Crippen LogP contribution in [-0.2, 0) is 27.2 Å². The second-order valence-corrected chi connectivity index (χ2v) is 7.87. The second-order valence-electron chi connectivity index (χ2n) is 7.50. The second kappa shape index (κ2) is 10.8. The lowest BCUT2D eigenvalue weighted by Crippen LogP contribution is -2.55. The molecule has 0 saturated heterocycles. The van der Waals surface area contributed by atoms with Crippen molar-refractivity contribution in [3.05, 3.63) is 71.9 Å². The topological polar surface area (TPSA) is 137 Å². The number of carboxylic acids is 1. The molecule has 0 saturated carbocycles. The number of rotatable bonds is 10. The van der Waals surface area contributed by atoms with E-state index >= 15 is 0 Å². The van der Waals surface area contributed by atoms with Gasteiger partial charge in [-0.25, -0.2) is 4.79 Å². The third-order valence-corrected chi connectivity index (χ3v) is 5.53. The number of carbonyl (C=O) groups is 3. The number of nitrogens with one attached hydrogen (secondary N) is 3. The van der Waals surface area contributed by atoms with Crippen molar-refractivity contribution in [3.63, 3.8) is 0 Å². The maximum atomic E-state index is 12.8. The Morgan fingerprint density at radius 1 is 0.938 bits per heavy atom. The molecule has 9 heteroatoms. The smallest absolute Gasteiger partial charge is 0.327 e. The molecule has 0 aliphatic rings. The maximum Gasteiger partial charge on any atom is 0.327 e. The molecule has 6 N–H and O–H groups in total. The Balaban J connectivity index is 1.72. The van der Waals surface area contributed by atoms with Crippen LogP contribution in [0.4, 0.5) is 0 Å². The van der Waals surface area contributed by atoms with Crippen LogP contribution in [0.3, 0.4) is 0 Å². The van der Waals surface area contributed by atoms with Crippen LogP contribution < -0.4 is 16.4 Å². The van der Waals surface area contributed by atoms with Gasteiger partial charge in [0.15, 0.2) is 0 Å². The minimum absolute atomic E-state index is 0.0762. The fourth-order valence-corrected chi connectivity index (χ4v) is 3.67. The Hall–Kier alpha value is -3.30. The van der Waals surface area contributed by atoms with Gasteiger partial charge in [-0.05, 0) is 23.6 Å². The number of H-pyrrole nitrogens is 1. The van der Waals surface area contributed by atoms with E-state index in [2.05, 4.69) is 28.2 Å². The first kappa shape index (κ1) is 23.4. The monoisotopic (exact) mass is 454 g/mol. The zero-order chi connectivity index (χ0) is 23.1. The number of fused-ring (bicyclic) bond motifs is 1. The third kappa shape index (κ3) is 5.89. The molecule has 2 aromatic carbocycles. The Bertz CT molecular complexity index is 1090. The van der Waals surface area contributed by atoms with E-state index in [4.69, 9.17) is 5.73 Å². The minimum Gasteiger partial charge on any atom is -0.480 e. The van der Waals surface area contributed by atoms with Crippen molar-refractivity contribution in [2.75, 3.05) is 5.75 Å². The number of aliphatic carboxylic acids is 1. The lowest BCUT2D eigenvalue weighted by molar-refractivity contribution is -0.141. The third-order valence-electron chi connectivity index (χ3n) is 5.16. The molecule has 168 valence electrons. The molecule has 0 aliphatic heterocycles. The van der Waals surface area contributed by atoms with Gasteiger partial charge in [-0.15, -0.1) is 0 Å². The fourth-order valence-electron chi connectivity index (χ4n) is 3.43. The number of thiol groups is 1. The predicted molar refractivity (Wildman–Crippen MR) is 125 cm³/mol. The van der Waals surface area contributed by atoms with Crippen LogP contribution in [-0.4, -0.2) is 51.8 Å². The number of carbonyl (C=O) groups excluding carboxylic acids is 2. The van der Waals surface area contributed by atoms with E-state index in [1.54, 1.807) is 0 Å². The van der Waals surface area contributed by atoms with Gasteiger partial charge in [0.05, 0.1) is 6.04 Å². The molecule has 3 aromatic rings. The molecule has 0 fully saturated rings. The fraction of sp³-hybridized carbons (Fsp3) is 0.261. The van der Waals surface area contributed by atoms with E-state index in [0.29, 0.717) is 0 Å². The molecular weight excluding hydrogens is 428 g/mol. The van der Waals surface area contributed by atoms with Crippen molar-refractivity contribution in [1.82, 2.24) is 15.6 Å². The number of hydrogen-bond acceptors (Lipinski definition) is 5. The van der Waals surface area contributed by atoms with Crippen molar-refractivity contribution in [1.29, 1.82) is 0 Å². The Labute approximate surface area is 191 Å². The Morgan fingerprint density at radius 2 is 1.59 bits per heavy atom. The summed E-state index contributed by atoms with van der Waals surface area (Å²) in [5.74, 6) is -2.38. The summed E-state index contributed by atoms with van der Waals surface area (Å²) in [6, 6.07) is 13.8. The molecule has 0 spiro atoms. The highest BCUT2D eigenvalue weighted by molar-refractivity contribution is 7.80. The molecule has 3 atom stereocenters. The highest BCUT2D eigenvalue weighted by atomic mass is 32.1. The summed E-state index contributed by atoms with van der Waals surface area (Å²) in [5, 5.41) is 15.3. The van der Waals surface area contributed by atoms with Gasteiger partial charge in [-0.2, -0.15) is 12.6 Å². The van der Waals surface area contributed by atoms with E-state index in [1.807, 2.05) is 60.8 Å². The molecule has 1 aromatic heterocycles. The molecule has 0 unspecified atom stereocenters. The molecule has 0 bridgehead atoms. The zero-order valence-corrected chi connectivity index (χ0v) is 18.2. The molecular formula is C23H26N4O4S. The standard InChI is InChI=1S/C23H26N4O4S/c24-17(11-15-12-25-18-9-5-4-8-16(15)18)21(28)26-19(10-14-6-2-1-3-7-14)22(29)27-20(13-32)23(30)31/h1-9,12,17,19-20,25,32H,10-11,13,24H2,(H,26,28)(H,27,29)(H,30,31)/t17-,19-,20-/m0/s1. The maximum absolute atomic E-state index is 12.8. The molecule has 8 nitrogen and oxygen atoms in total. The summed E-state index contributed by atoms with van der Waals surface area (Å²) >= 11 is 3.97. The van der Waals surface area contributed by atoms with Crippen molar-refractivity contribution >= 4 is 41.3 Å². The molecule has 0 radical (unpaired) electrons. The first-order valence-corrected chi connectivity index (χ1v) is 10.8. The van der Waals surface area contributed by atoms with E-state index in [1.165, 1.54) is 0 Å². The summed E-state index contributed by atoms with van der Waals surface area (Å²) in [5.41, 5.74) is 8.81. The van der Waals surface area contributed by atoms with Gasteiger partial charge in [0.1, 0.15) is 12.1 Å². The molecule has 32 heavy (non-hydrogen) atoms. The Morgan fingerprint density at radius 3 is 2.28 bits per heavy atom. The molecule has 3 rings (SSSR count). The minimum atomic E-state index is -1.20. The van der Waals surface area contributed by atoms with Gasteiger partial charge in [0, 0.05) is 29.3 Å². The van der Waals surface area contributed by atoms with Crippen molar-refractivity contribution in [3.8, 4) is 0 Å². The average molecular weight is 455 g/mol. The summed E-state index contributed by atoms with van der Waals surface area (Å²) in [7, 11) is 0. The van der Waals surface area contributed by atoms with Crippen LogP contribution >= 0.6 is 12.6 Å². The number of aromatic nitrogens is 1. The summed E-state index contributed by atoms with van der Waals surface area (Å²) in [4.78, 5) is 40.1. The normalized spacial score (nSPS) is 13.8. The van der Waals surface area contributed by atoms with Crippen molar-refractivity contribution in [2.45, 2.75) is 31.0 Å². The number of para-hydroxylation sites is 1.